The van der Waals surface area contributed by atoms with E-state index in [0.717, 1.165) is 18.4 Å². The molecule has 11 heteroatoms. The fourth-order valence-corrected chi connectivity index (χ4v) is 5.80. The van der Waals surface area contributed by atoms with E-state index >= 15 is 0 Å². The Morgan fingerprint density at radius 2 is 2.03 bits per heavy atom. The molecule has 10 nitrogen and oxygen atoms in total. The number of hydrogen-bond donors (Lipinski definition) is 2. The van der Waals surface area contributed by atoms with Crippen molar-refractivity contribution in [2.24, 2.45) is 7.05 Å². The minimum Gasteiger partial charge on any atom is -0.390 e. The van der Waals surface area contributed by atoms with Crippen LogP contribution in [0.3, 0.4) is 0 Å². The number of carbonyl (C=O) groups is 1. The number of nitrogens with one attached hydrogen (secondary N) is 1. The number of aliphatic hydroxyl groups excluding tert-OH is 1. The van der Waals surface area contributed by atoms with Gasteiger partial charge < -0.3 is 19.7 Å². The number of imidazole rings is 1. The molecule has 0 unspecified atom stereocenters. The summed E-state index contributed by atoms with van der Waals surface area (Å²) in [5.41, 5.74) is 1.81. The van der Waals surface area contributed by atoms with Gasteiger partial charge >= 0.3 is 0 Å². The lowest BCUT2D eigenvalue weighted by Gasteiger charge is -2.30. The van der Waals surface area contributed by atoms with Gasteiger partial charge in [-0.05, 0) is 43.9 Å². The summed E-state index contributed by atoms with van der Waals surface area (Å²) in [6, 6.07) is 13.8. The van der Waals surface area contributed by atoms with E-state index in [1.807, 2.05) is 30.3 Å². The number of amides is 1. The molecule has 1 fully saturated rings. The molecule has 1 aliphatic heterocycles. The van der Waals surface area contributed by atoms with Crippen LogP contribution >= 0.6 is 0 Å². The van der Waals surface area contributed by atoms with Gasteiger partial charge in [-0.15, -0.1) is 0 Å². The number of hydrogen-bond acceptors (Lipinski definition) is 7. The molecule has 1 amide bonds. The summed E-state index contributed by atoms with van der Waals surface area (Å²) in [6.45, 7) is 2.21. The van der Waals surface area contributed by atoms with E-state index in [2.05, 4.69) is 15.3 Å². The zero-order valence-electron chi connectivity index (χ0n) is 21.0. The third-order valence-electron chi connectivity index (χ3n) is 6.31. The summed E-state index contributed by atoms with van der Waals surface area (Å²) in [5.74, 6) is -0.443. The van der Waals surface area contributed by atoms with E-state index in [1.54, 1.807) is 36.7 Å². The van der Waals surface area contributed by atoms with Gasteiger partial charge in [-0.2, -0.15) is 4.31 Å². The fraction of sp³-hybridized carbons (Fsp3) is 0.423. The number of sulfonamides is 1. The summed E-state index contributed by atoms with van der Waals surface area (Å²) >= 11 is 0. The molecular formula is C26H33N5O5S. The Kier molecular flexibility index (Phi) is 8.70. The van der Waals surface area contributed by atoms with Crippen molar-refractivity contribution in [2.45, 2.75) is 49.5 Å². The number of aryl methyl sites for hydroxylation is 2. The van der Waals surface area contributed by atoms with Crippen LogP contribution in [-0.4, -0.2) is 76.2 Å². The van der Waals surface area contributed by atoms with E-state index in [9.17, 15) is 18.3 Å². The molecule has 4 rings (SSSR count). The molecule has 2 aromatic heterocycles. The predicted molar refractivity (Wildman–Crippen MR) is 137 cm³/mol. The van der Waals surface area contributed by atoms with Crippen molar-refractivity contribution in [3.63, 3.8) is 0 Å². The summed E-state index contributed by atoms with van der Waals surface area (Å²) < 4.78 is 35.5. The Hall–Kier alpha value is -3.12. The van der Waals surface area contributed by atoms with Crippen molar-refractivity contribution in [3.05, 3.63) is 78.0 Å². The van der Waals surface area contributed by atoms with Crippen LogP contribution in [0.15, 0.2) is 66.1 Å². The Bertz CT molecular complexity index is 1290. The quantitative estimate of drug-likeness (QED) is 0.389. The second-order valence-corrected chi connectivity index (χ2v) is 11.2. The third kappa shape index (κ3) is 7.01. The molecule has 0 spiro atoms. The first-order chi connectivity index (χ1) is 17.7. The third-order valence-corrected chi connectivity index (χ3v) is 8.03. The number of pyridine rings is 1. The molecule has 0 aliphatic carbocycles. The zero-order chi connectivity index (χ0) is 26.4. The zero-order valence-corrected chi connectivity index (χ0v) is 21.8. The van der Waals surface area contributed by atoms with Crippen molar-refractivity contribution < 1.29 is 23.1 Å². The molecule has 0 saturated carbocycles. The summed E-state index contributed by atoms with van der Waals surface area (Å²) in [5, 5.41) is 14.1. The predicted octanol–water partition coefficient (Wildman–Crippen LogP) is 1.70. The summed E-state index contributed by atoms with van der Waals surface area (Å²) in [6.07, 6.45) is 3.24. The summed E-state index contributed by atoms with van der Waals surface area (Å²) in [4.78, 5) is 21.3. The number of benzene rings is 1. The highest BCUT2D eigenvalue weighted by molar-refractivity contribution is 7.89. The van der Waals surface area contributed by atoms with Crippen LogP contribution in [0.25, 0.3) is 0 Å². The average Bonchev–Trinajstić information content (AvgIpc) is 3.56. The van der Waals surface area contributed by atoms with Gasteiger partial charge in [0, 0.05) is 38.6 Å². The smallest absolute Gasteiger partial charge is 0.270 e. The Morgan fingerprint density at radius 3 is 2.68 bits per heavy atom. The van der Waals surface area contributed by atoms with Gasteiger partial charge in [0.2, 0.25) is 0 Å². The van der Waals surface area contributed by atoms with Gasteiger partial charge in [0.25, 0.3) is 15.9 Å². The van der Waals surface area contributed by atoms with Crippen molar-refractivity contribution in [1.82, 2.24) is 24.2 Å². The van der Waals surface area contributed by atoms with E-state index < -0.39 is 28.1 Å². The molecule has 0 radical (unpaired) electrons. The van der Waals surface area contributed by atoms with Crippen LogP contribution in [0.5, 0.6) is 0 Å². The molecule has 3 heterocycles. The normalized spacial score (nSPS) is 17.6. The lowest BCUT2D eigenvalue weighted by atomic mass is 10.0. The lowest BCUT2D eigenvalue weighted by molar-refractivity contribution is 0.0623. The largest absolute Gasteiger partial charge is 0.390 e. The number of carbonyl (C=O) groups excluding carboxylic acids is 1. The van der Waals surface area contributed by atoms with Crippen LogP contribution < -0.4 is 5.32 Å². The molecule has 2 N–H and O–H groups in total. The standard InChI is InChI=1S/C26H33N5O5S/c1-19-8-6-12-22(28-19)26(33)29-23(14-20-9-4-3-5-10-20)24(32)16-31(15-21-11-7-13-36-21)37(34,35)25-17-30(2)18-27-25/h3-6,8-10,12,17-18,21,23-24,32H,7,11,13-16H2,1-2H3,(H,29,33)/t21-,23-,24+/m0/s1. The number of aromatic nitrogens is 3. The van der Waals surface area contributed by atoms with E-state index in [4.69, 9.17) is 4.74 Å². The van der Waals surface area contributed by atoms with Crippen LogP contribution in [0, 0.1) is 6.92 Å². The Labute approximate surface area is 217 Å². The van der Waals surface area contributed by atoms with Crippen LogP contribution in [-0.2, 0) is 28.2 Å². The molecular weight excluding hydrogens is 494 g/mol. The second-order valence-electron chi connectivity index (χ2n) is 9.34. The minimum atomic E-state index is -4.02. The molecule has 1 saturated heterocycles. The van der Waals surface area contributed by atoms with Gasteiger partial charge in [-0.1, -0.05) is 36.4 Å². The SMILES string of the molecule is Cc1cccc(C(=O)N[C@@H](Cc2ccccc2)[C@H](O)CN(C[C@@H]2CCCO2)S(=O)(=O)c2cn(C)cn2)n1. The summed E-state index contributed by atoms with van der Waals surface area (Å²) in [7, 11) is -2.33. The fourth-order valence-electron chi connectivity index (χ4n) is 4.34. The number of rotatable bonds is 11. The Morgan fingerprint density at radius 1 is 1.24 bits per heavy atom. The van der Waals surface area contributed by atoms with Gasteiger partial charge in [-0.25, -0.2) is 18.4 Å². The van der Waals surface area contributed by atoms with Crippen molar-refractivity contribution in [3.8, 4) is 0 Å². The highest BCUT2D eigenvalue weighted by Gasteiger charge is 2.34. The molecule has 0 bridgehead atoms. The van der Waals surface area contributed by atoms with Gasteiger partial charge in [-0.3, -0.25) is 4.79 Å². The molecule has 37 heavy (non-hydrogen) atoms. The number of nitrogens with zero attached hydrogens (tertiary/aromatic N) is 4. The minimum absolute atomic E-state index is 0.0847. The van der Waals surface area contributed by atoms with Crippen LogP contribution in [0.2, 0.25) is 0 Å². The van der Waals surface area contributed by atoms with Crippen molar-refractivity contribution in [2.75, 3.05) is 19.7 Å². The lowest BCUT2D eigenvalue weighted by Crippen LogP contribution is -2.51. The van der Waals surface area contributed by atoms with Gasteiger partial charge in [0.05, 0.1) is 24.6 Å². The van der Waals surface area contributed by atoms with E-state index in [0.29, 0.717) is 18.7 Å². The molecule has 3 aromatic rings. The first kappa shape index (κ1) is 26.9. The van der Waals surface area contributed by atoms with Crippen molar-refractivity contribution in [1.29, 1.82) is 0 Å². The maximum Gasteiger partial charge on any atom is 0.270 e. The molecule has 198 valence electrons. The molecule has 1 aromatic carbocycles. The average molecular weight is 528 g/mol. The van der Waals surface area contributed by atoms with Gasteiger partial charge in [0.1, 0.15) is 5.69 Å². The van der Waals surface area contributed by atoms with Crippen molar-refractivity contribution >= 4 is 15.9 Å². The topological polar surface area (TPSA) is 127 Å². The van der Waals surface area contributed by atoms with Crippen LogP contribution in [0.4, 0.5) is 0 Å². The first-order valence-electron chi connectivity index (χ1n) is 12.3. The monoisotopic (exact) mass is 527 g/mol. The van der Waals surface area contributed by atoms with E-state index in [-0.39, 0.29) is 29.9 Å². The van der Waals surface area contributed by atoms with Crippen LogP contribution in [0.1, 0.15) is 34.6 Å². The first-order valence-corrected chi connectivity index (χ1v) is 13.7. The maximum absolute atomic E-state index is 13.5. The highest BCUT2D eigenvalue weighted by Crippen LogP contribution is 2.20. The molecule has 3 atom stereocenters. The molecule has 1 aliphatic rings. The highest BCUT2D eigenvalue weighted by atomic mass is 32.2. The van der Waals surface area contributed by atoms with E-state index in [1.165, 1.54) is 16.8 Å². The van der Waals surface area contributed by atoms with Gasteiger partial charge in [0.15, 0.2) is 5.03 Å². The second kappa shape index (κ2) is 12.0. The number of ether oxygens (including phenoxy) is 1. The maximum atomic E-state index is 13.5. The number of aliphatic hydroxyl groups is 1. The Balaban J connectivity index is 1.59.